The van der Waals surface area contributed by atoms with Crippen LogP contribution in [0.25, 0.3) is 0 Å². The van der Waals surface area contributed by atoms with Crippen LogP contribution in [0.15, 0.2) is 42.0 Å². The average molecular weight is 449 g/mol. The predicted octanol–water partition coefficient (Wildman–Crippen LogP) is 5.44. The molecule has 3 aliphatic carbocycles. The Balaban J connectivity index is 1.47. The molecule has 4 heteroatoms. The van der Waals surface area contributed by atoms with Crippen molar-refractivity contribution in [2.24, 2.45) is 28.6 Å². The molecule has 5 rings (SSSR count). The summed E-state index contributed by atoms with van der Waals surface area (Å²) in [6, 6.07) is 10.2. The number of carbonyl (C=O) groups is 2. The molecule has 0 radical (unpaired) electrons. The number of carbonyl (C=O) groups excluding carboxylic acids is 2. The molecule has 1 aromatic carbocycles. The smallest absolute Gasteiger partial charge is 0.259 e. The highest BCUT2D eigenvalue weighted by atomic mass is 16.2. The van der Waals surface area contributed by atoms with Crippen molar-refractivity contribution in [3.05, 3.63) is 47.5 Å². The summed E-state index contributed by atoms with van der Waals surface area (Å²) in [5, 5.41) is 3.17. The SMILES string of the molecule is CN1C(=O)C(C(=O)NC(C)(C)c2ccccc2)=C[C@@]2(C)C1CC[C@@H]1[C@H]2CC[C@]2(C)CCC[C@@H]12. The van der Waals surface area contributed by atoms with Crippen molar-refractivity contribution in [1.29, 1.82) is 0 Å². The molecule has 0 bridgehead atoms. The van der Waals surface area contributed by atoms with Gasteiger partial charge in [-0.25, -0.2) is 0 Å². The highest BCUT2D eigenvalue weighted by molar-refractivity contribution is 6.19. The van der Waals surface area contributed by atoms with Crippen LogP contribution < -0.4 is 5.32 Å². The monoisotopic (exact) mass is 448 g/mol. The minimum atomic E-state index is -0.554. The van der Waals surface area contributed by atoms with Gasteiger partial charge in [-0.3, -0.25) is 9.59 Å². The molecule has 6 atom stereocenters. The van der Waals surface area contributed by atoms with Crippen LogP contribution >= 0.6 is 0 Å². The van der Waals surface area contributed by atoms with E-state index in [-0.39, 0.29) is 23.3 Å². The molecule has 0 spiro atoms. The van der Waals surface area contributed by atoms with E-state index in [0.29, 0.717) is 16.9 Å². The molecule has 4 nitrogen and oxygen atoms in total. The summed E-state index contributed by atoms with van der Waals surface area (Å²) in [6.45, 7) is 8.86. The van der Waals surface area contributed by atoms with Gasteiger partial charge in [0.25, 0.3) is 11.8 Å². The van der Waals surface area contributed by atoms with Gasteiger partial charge in [-0.15, -0.1) is 0 Å². The Morgan fingerprint density at radius 1 is 1.03 bits per heavy atom. The van der Waals surface area contributed by atoms with Crippen molar-refractivity contribution in [2.45, 2.75) is 84.2 Å². The van der Waals surface area contributed by atoms with E-state index in [1.165, 1.54) is 38.5 Å². The average Bonchev–Trinajstić information content (AvgIpc) is 3.18. The molecular weight excluding hydrogens is 408 g/mol. The quantitative estimate of drug-likeness (QED) is 0.626. The van der Waals surface area contributed by atoms with E-state index in [0.717, 1.165) is 23.8 Å². The molecule has 1 heterocycles. The van der Waals surface area contributed by atoms with Gasteiger partial charge in [-0.1, -0.05) is 56.7 Å². The second kappa shape index (κ2) is 7.71. The highest BCUT2D eigenvalue weighted by Crippen LogP contribution is 2.64. The fourth-order valence-corrected chi connectivity index (χ4v) is 8.32. The van der Waals surface area contributed by atoms with Crippen molar-refractivity contribution in [1.82, 2.24) is 10.2 Å². The summed E-state index contributed by atoms with van der Waals surface area (Å²) >= 11 is 0. The van der Waals surface area contributed by atoms with Crippen LogP contribution in [-0.2, 0) is 15.1 Å². The molecule has 3 saturated carbocycles. The van der Waals surface area contributed by atoms with Gasteiger partial charge in [-0.2, -0.15) is 0 Å². The van der Waals surface area contributed by atoms with Crippen LogP contribution in [0, 0.1) is 28.6 Å². The van der Waals surface area contributed by atoms with Crippen molar-refractivity contribution in [3.63, 3.8) is 0 Å². The van der Waals surface area contributed by atoms with Gasteiger partial charge in [0.15, 0.2) is 0 Å². The first-order chi connectivity index (χ1) is 15.6. The third-order valence-electron chi connectivity index (χ3n) is 10.1. The minimum Gasteiger partial charge on any atom is -0.343 e. The fourth-order valence-electron chi connectivity index (χ4n) is 8.32. The predicted molar refractivity (Wildman–Crippen MR) is 131 cm³/mol. The lowest BCUT2D eigenvalue weighted by Crippen LogP contribution is -2.61. The Morgan fingerprint density at radius 2 is 1.76 bits per heavy atom. The lowest BCUT2D eigenvalue weighted by atomic mass is 9.48. The Kier molecular flexibility index (Phi) is 5.30. The standard InChI is InChI=1S/C29H40N2O2/c1-27(2,19-10-7-6-8-11-19)30-25(32)21-18-29(4)23-15-17-28(3)16-9-12-22(28)20(23)13-14-24(29)31(5)26(21)33/h6-8,10-11,18,20,22-24H,9,12-17H2,1-5H3,(H,30,32)/t20-,22-,23+,24?,28-,29+/m0/s1. The van der Waals surface area contributed by atoms with Gasteiger partial charge in [0, 0.05) is 18.5 Å². The zero-order chi connectivity index (χ0) is 23.6. The number of nitrogens with zero attached hydrogens (tertiary/aromatic N) is 1. The first kappa shape index (κ1) is 22.7. The van der Waals surface area contributed by atoms with Gasteiger partial charge in [-0.05, 0) is 81.1 Å². The molecule has 3 fully saturated rings. The number of rotatable bonds is 3. The summed E-state index contributed by atoms with van der Waals surface area (Å²) in [5.41, 5.74) is 1.18. The maximum absolute atomic E-state index is 13.5. The maximum Gasteiger partial charge on any atom is 0.259 e. The molecule has 4 aliphatic rings. The van der Waals surface area contributed by atoms with Crippen molar-refractivity contribution in [2.75, 3.05) is 7.05 Å². The number of hydrogen-bond donors (Lipinski definition) is 1. The van der Waals surface area contributed by atoms with Gasteiger partial charge in [0.2, 0.25) is 0 Å². The molecule has 1 N–H and O–H groups in total. The number of hydrogen-bond acceptors (Lipinski definition) is 2. The van der Waals surface area contributed by atoms with Crippen molar-refractivity contribution >= 4 is 11.8 Å². The van der Waals surface area contributed by atoms with Gasteiger partial charge in [0.05, 0.1) is 5.54 Å². The number of amides is 2. The highest BCUT2D eigenvalue weighted by Gasteiger charge is 2.59. The summed E-state index contributed by atoms with van der Waals surface area (Å²) in [6.07, 6.45) is 11.0. The van der Waals surface area contributed by atoms with E-state index in [9.17, 15) is 9.59 Å². The molecule has 1 aromatic rings. The normalized spacial score (nSPS) is 38.2. The van der Waals surface area contributed by atoms with E-state index < -0.39 is 5.54 Å². The van der Waals surface area contributed by atoms with E-state index >= 15 is 0 Å². The summed E-state index contributed by atoms with van der Waals surface area (Å²) in [5.74, 6) is 1.70. The molecule has 0 aromatic heterocycles. The molecule has 0 saturated heterocycles. The van der Waals surface area contributed by atoms with Crippen LogP contribution in [0.4, 0.5) is 0 Å². The first-order valence-corrected chi connectivity index (χ1v) is 12.9. The molecule has 178 valence electrons. The topological polar surface area (TPSA) is 49.4 Å². The van der Waals surface area contributed by atoms with Crippen molar-refractivity contribution < 1.29 is 9.59 Å². The Hall–Kier alpha value is -2.10. The molecule has 2 amide bonds. The summed E-state index contributed by atoms with van der Waals surface area (Å²) < 4.78 is 0. The van der Waals surface area contributed by atoms with Crippen LogP contribution in [0.5, 0.6) is 0 Å². The van der Waals surface area contributed by atoms with E-state index in [1.807, 2.05) is 56.1 Å². The van der Waals surface area contributed by atoms with E-state index in [4.69, 9.17) is 0 Å². The van der Waals surface area contributed by atoms with Gasteiger partial charge < -0.3 is 10.2 Å². The van der Waals surface area contributed by atoms with Crippen LogP contribution in [0.1, 0.15) is 78.2 Å². The lowest BCUT2D eigenvalue weighted by molar-refractivity contribution is -0.142. The summed E-state index contributed by atoms with van der Waals surface area (Å²) in [7, 11) is 1.91. The van der Waals surface area contributed by atoms with Crippen LogP contribution in [-0.4, -0.2) is 29.8 Å². The second-order valence-electron chi connectivity index (χ2n) is 12.3. The molecule has 1 unspecified atom stereocenters. The van der Waals surface area contributed by atoms with E-state index in [2.05, 4.69) is 25.2 Å². The van der Waals surface area contributed by atoms with Crippen LogP contribution in [0.2, 0.25) is 0 Å². The minimum absolute atomic E-state index is 0.126. The third kappa shape index (κ3) is 3.47. The first-order valence-electron chi connectivity index (χ1n) is 12.9. The van der Waals surface area contributed by atoms with Gasteiger partial charge in [0.1, 0.15) is 5.57 Å². The summed E-state index contributed by atoms with van der Waals surface area (Å²) in [4.78, 5) is 28.8. The number of likely N-dealkylation sites (N-methyl/N-ethyl adjacent to an activating group) is 1. The number of benzene rings is 1. The fraction of sp³-hybridized carbons (Fsp3) is 0.655. The molecular formula is C29H40N2O2. The molecule has 33 heavy (non-hydrogen) atoms. The number of fused-ring (bicyclic) bond motifs is 5. The Bertz CT molecular complexity index is 983. The zero-order valence-electron chi connectivity index (χ0n) is 21.0. The maximum atomic E-state index is 13.5. The second-order valence-corrected chi connectivity index (χ2v) is 12.3. The van der Waals surface area contributed by atoms with Crippen LogP contribution in [0.3, 0.4) is 0 Å². The van der Waals surface area contributed by atoms with Gasteiger partial charge >= 0.3 is 0 Å². The Morgan fingerprint density at radius 3 is 2.48 bits per heavy atom. The molecule has 1 aliphatic heterocycles. The van der Waals surface area contributed by atoms with Crippen molar-refractivity contribution in [3.8, 4) is 0 Å². The largest absolute Gasteiger partial charge is 0.343 e. The third-order valence-corrected chi connectivity index (χ3v) is 10.1. The zero-order valence-corrected chi connectivity index (χ0v) is 21.0. The number of nitrogens with one attached hydrogen (secondary N) is 1. The van der Waals surface area contributed by atoms with E-state index in [1.54, 1.807) is 0 Å². The lowest BCUT2D eigenvalue weighted by Gasteiger charge is -2.60. The Labute approximate surface area is 199 Å².